The van der Waals surface area contributed by atoms with Gasteiger partial charge in [-0.3, -0.25) is 4.79 Å². The van der Waals surface area contributed by atoms with Crippen LogP contribution >= 0.6 is 0 Å². The highest BCUT2D eigenvalue weighted by Gasteiger charge is 2.29. The molecule has 1 amide bonds. The van der Waals surface area contributed by atoms with Gasteiger partial charge < -0.3 is 16.4 Å². The Morgan fingerprint density at radius 1 is 1.15 bits per heavy atom. The van der Waals surface area contributed by atoms with Crippen LogP contribution in [0.2, 0.25) is 0 Å². The molecule has 0 aromatic rings. The lowest BCUT2D eigenvalue weighted by molar-refractivity contribution is -0.122. The van der Waals surface area contributed by atoms with Crippen molar-refractivity contribution in [2.45, 2.75) is 65.3 Å². The van der Waals surface area contributed by atoms with E-state index in [1.807, 2.05) is 0 Å². The van der Waals surface area contributed by atoms with Crippen molar-refractivity contribution in [3.63, 3.8) is 0 Å². The molecule has 4 heteroatoms. The second kappa shape index (κ2) is 6.90. The molecule has 0 aromatic heterocycles. The Bertz CT molecular complexity index is 312. The van der Waals surface area contributed by atoms with Crippen LogP contribution in [0.25, 0.3) is 0 Å². The molecule has 1 saturated heterocycles. The largest absolute Gasteiger partial charge is 0.368 e. The van der Waals surface area contributed by atoms with Crippen LogP contribution in [0.1, 0.15) is 59.8 Å². The number of nitrogens with two attached hydrogens (primary N) is 2. The summed E-state index contributed by atoms with van der Waals surface area (Å²) in [7, 11) is 0. The number of amides is 1. The van der Waals surface area contributed by atoms with E-state index in [0.717, 1.165) is 25.3 Å². The number of primary amides is 1. The fourth-order valence-electron chi connectivity index (χ4n) is 2.97. The molecule has 1 aliphatic heterocycles. The number of piperidine rings is 1. The lowest BCUT2D eigenvalue weighted by atomic mass is 9.75. The Morgan fingerprint density at radius 3 is 2.15 bits per heavy atom. The van der Waals surface area contributed by atoms with E-state index in [1.54, 1.807) is 6.92 Å². The summed E-state index contributed by atoms with van der Waals surface area (Å²) in [6.45, 7) is 12.3. The van der Waals surface area contributed by atoms with Gasteiger partial charge in [-0.15, -0.1) is 0 Å². The standard InChI is InChI=1S/C16H33N3O/c1-15(2,3)13-7-11-19(12-8-13)10-6-5-9-16(4,18)14(17)20/h13H,5-12,18H2,1-4H3,(H2,17,20). The maximum Gasteiger partial charge on any atom is 0.237 e. The van der Waals surface area contributed by atoms with Crippen LogP contribution in [-0.4, -0.2) is 36.0 Å². The number of unbranched alkanes of at least 4 members (excludes halogenated alkanes) is 1. The first-order chi connectivity index (χ1) is 9.13. The number of hydrogen-bond acceptors (Lipinski definition) is 3. The van der Waals surface area contributed by atoms with Gasteiger partial charge in [0, 0.05) is 0 Å². The summed E-state index contributed by atoms with van der Waals surface area (Å²) in [6.07, 6.45) is 5.36. The number of rotatable bonds is 6. The minimum absolute atomic E-state index is 0.400. The van der Waals surface area contributed by atoms with Crippen molar-refractivity contribution in [1.29, 1.82) is 0 Å². The van der Waals surface area contributed by atoms with Crippen molar-refractivity contribution >= 4 is 5.91 Å². The predicted octanol–water partition coefficient (Wildman–Crippen LogP) is 2.12. The third-order valence-corrected chi connectivity index (χ3v) is 4.80. The number of hydrogen-bond donors (Lipinski definition) is 2. The number of nitrogens with zero attached hydrogens (tertiary/aromatic N) is 1. The van der Waals surface area contributed by atoms with Crippen LogP contribution in [0.5, 0.6) is 0 Å². The Morgan fingerprint density at radius 2 is 1.70 bits per heavy atom. The minimum atomic E-state index is -0.848. The van der Waals surface area contributed by atoms with Crippen molar-refractivity contribution in [2.24, 2.45) is 22.8 Å². The van der Waals surface area contributed by atoms with Crippen molar-refractivity contribution in [3.05, 3.63) is 0 Å². The molecule has 0 bridgehead atoms. The van der Waals surface area contributed by atoms with Gasteiger partial charge in [0.2, 0.25) is 5.91 Å². The normalized spacial score (nSPS) is 21.6. The number of likely N-dealkylation sites (tertiary alicyclic amines) is 1. The fourth-order valence-corrected chi connectivity index (χ4v) is 2.97. The first-order valence-corrected chi connectivity index (χ1v) is 7.94. The molecule has 1 rings (SSSR count). The van der Waals surface area contributed by atoms with Crippen LogP contribution in [0.15, 0.2) is 0 Å². The Labute approximate surface area is 124 Å². The van der Waals surface area contributed by atoms with Gasteiger partial charge in [-0.05, 0) is 70.0 Å². The van der Waals surface area contributed by atoms with Gasteiger partial charge in [0.25, 0.3) is 0 Å². The van der Waals surface area contributed by atoms with E-state index in [4.69, 9.17) is 11.5 Å². The quantitative estimate of drug-likeness (QED) is 0.733. The van der Waals surface area contributed by atoms with Crippen LogP contribution in [-0.2, 0) is 4.79 Å². The molecule has 4 N–H and O–H groups in total. The van der Waals surface area contributed by atoms with Crippen molar-refractivity contribution < 1.29 is 4.79 Å². The second-order valence-electron chi connectivity index (χ2n) is 7.72. The molecule has 1 atom stereocenters. The zero-order chi connectivity index (χ0) is 15.4. The van der Waals surface area contributed by atoms with E-state index in [-0.39, 0.29) is 0 Å². The fraction of sp³-hybridized carbons (Fsp3) is 0.938. The third-order valence-electron chi connectivity index (χ3n) is 4.80. The first-order valence-electron chi connectivity index (χ1n) is 7.94. The highest BCUT2D eigenvalue weighted by molar-refractivity contribution is 5.83. The Balaban J connectivity index is 2.18. The lowest BCUT2D eigenvalue weighted by Gasteiger charge is -2.38. The zero-order valence-electron chi connectivity index (χ0n) is 13.7. The van der Waals surface area contributed by atoms with E-state index < -0.39 is 11.4 Å². The van der Waals surface area contributed by atoms with Crippen LogP contribution in [0.3, 0.4) is 0 Å². The molecule has 0 aliphatic carbocycles. The Kier molecular flexibility index (Phi) is 6.02. The second-order valence-corrected chi connectivity index (χ2v) is 7.72. The van der Waals surface area contributed by atoms with E-state index in [1.165, 1.54) is 25.9 Å². The lowest BCUT2D eigenvalue weighted by Crippen LogP contribution is -2.49. The van der Waals surface area contributed by atoms with E-state index in [0.29, 0.717) is 11.8 Å². The molecular formula is C16H33N3O. The topological polar surface area (TPSA) is 72.3 Å². The summed E-state index contributed by atoms with van der Waals surface area (Å²) >= 11 is 0. The molecular weight excluding hydrogens is 250 g/mol. The molecule has 1 heterocycles. The highest BCUT2D eigenvalue weighted by atomic mass is 16.1. The van der Waals surface area contributed by atoms with Crippen LogP contribution < -0.4 is 11.5 Å². The average Bonchev–Trinajstić information content (AvgIpc) is 2.34. The zero-order valence-corrected chi connectivity index (χ0v) is 13.7. The molecule has 20 heavy (non-hydrogen) atoms. The number of carbonyl (C=O) groups is 1. The molecule has 118 valence electrons. The van der Waals surface area contributed by atoms with Gasteiger partial charge in [-0.1, -0.05) is 20.8 Å². The molecule has 4 nitrogen and oxygen atoms in total. The SMILES string of the molecule is CC(N)(CCCCN1CCC(C(C)(C)C)CC1)C(N)=O. The summed E-state index contributed by atoms with van der Waals surface area (Å²) < 4.78 is 0. The molecule has 0 saturated carbocycles. The molecule has 0 radical (unpaired) electrons. The maximum absolute atomic E-state index is 11.1. The van der Waals surface area contributed by atoms with E-state index in [9.17, 15) is 4.79 Å². The maximum atomic E-state index is 11.1. The van der Waals surface area contributed by atoms with Crippen molar-refractivity contribution in [3.8, 4) is 0 Å². The molecule has 0 spiro atoms. The number of carbonyl (C=O) groups excluding carboxylic acids is 1. The summed E-state index contributed by atoms with van der Waals surface area (Å²) in [5.74, 6) is 0.449. The Hall–Kier alpha value is -0.610. The summed E-state index contributed by atoms with van der Waals surface area (Å²) in [5, 5.41) is 0. The van der Waals surface area contributed by atoms with Gasteiger partial charge in [-0.25, -0.2) is 0 Å². The van der Waals surface area contributed by atoms with Crippen LogP contribution in [0.4, 0.5) is 0 Å². The smallest absolute Gasteiger partial charge is 0.237 e. The van der Waals surface area contributed by atoms with E-state index >= 15 is 0 Å². The average molecular weight is 283 g/mol. The van der Waals surface area contributed by atoms with Gasteiger partial charge in [0.05, 0.1) is 5.54 Å². The molecule has 1 fully saturated rings. The monoisotopic (exact) mass is 283 g/mol. The predicted molar refractivity (Wildman–Crippen MR) is 84.3 cm³/mol. The molecule has 0 aromatic carbocycles. The highest BCUT2D eigenvalue weighted by Crippen LogP contribution is 2.34. The molecule has 1 aliphatic rings. The van der Waals surface area contributed by atoms with Gasteiger partial charge >= 0.3 is 0 Å². The summed E-state index contributed by atoms with van der Waals surface area (Å²) in [5.41, 5.74) is 10.7. The van der Waals surface area contributed by atoms with Crippen LogP contribution in [0, 0.1) is 11.3 Å². The summed E-state index contributed by atoms with van der Waals surface area (Å²) in [6, 6.07) is 0. The third kappa shape index (κ3) is 5.41. The molecule has 1 unspecified atom stereocenters. The summed E-state index contributed by atoms with van der Waals surface area (Å²) in [4.78, 5) is 13.7. The van der Waals surface area contributed by atoms with Crippen molar-refractivity contribution in [2.75, 3.05) is 19.6 Å². The van der Waals surface area contributed by atoms with Gasteiger partial charge in [-0.2, -0.15) is 0 Å². The van der Waals surface area contributed by atoms with Gasteiger partial charge in [0.15, 0.2) is 0 Å². The van der Waals surface area contributed by atoms with E-state index in [2.05, 4.69) is 25.7 Å². The first kappa shape index (κ1) is 17.4. The van der Waals surface area contributed by atoms with Gasteiger partial charge in [0.1, 0.15) is 0 Å². The van der Waals surface area contributed by atoms with Crippen molar-refractivity contribution in [1.82, 2.24) is 4.90 Å². The minimum Gasteiger partial charge on any atom is -0.368 e.